The zero-order valence-corrected chi connectivity index (χ0v) is 10.2. The van der Waals surface area contributed by atoms with E-state index in [2.05, 4.69) is 18.9 Å². The van der Waals surface area contributed by atoms with E-state index >= 15 is 0 Å². The Morgan fingerprint density at radius 2 is 1.69 bits per heavy atom. The maximum Gasteiger partial charge on any atom is 0.0800 e. The number of hydrogen-bond donors (Lipinski definition) is 1. The van der Waals surface area contributed by atoms with Crippen LogP contribution < -0.4 is 5.09 Å². The molecule has 0 saturated carbocycles. The van der Waals surface area contributed by atoms with Gasteiger partial charge >= 0.3 is 0 Å². The second-order valence-corrected chi connectivity index (χ2v) is 8.23. The summed E-state index contributed by atoms with van der Waals surface area (Å²) < 4.78 is 0. The van der Waals surface area contributed by atoms with Crippen molar-refractivity contribution in [2.75, 3.05) is 25.0 Å². The largest absolute Gasteiger partial charge is 0.192 e. The molecule has 1 aliphatic rings. The lowest BCUT2D eigenvalue weighted by molar-refractivity contribution is 0.850. The lowest BCUT2D eigenvalue weighted by Crippen LogP contribution is -2.16. The van der Waals surface area contributed by atoms with Crippen molar-refractivity contribution in [2.24, 2.45) is 0 Å². The summed E-state index contributed by atoms with van der Waals surface area (Å²) >= 11 is 0. The highest BCUT2D eigenvalue weighted by Gasteiger charge is 2.39. The molecule has 1 aliphatic heterocycles. The van der Waals surface area contributed by atoms with Crippen LogP contribution in [-0.4, -0.2) is 25.0 Å². The van der Waals surface area contributed by atoms with Crippen LogP contribution in [0.4, 0.5) is 0 Å². The van der Waals surface area contributed by atoms with Crippen molar-refractivity contribution in [2.45, 2.75) is 46.0 Å². The summed E-state index contributed by atoms with van der Waals surface area (Å²) in [7, 11) is -0.630. The first-order valence-corrected chi connectivity index (χ1v) is 8.28. The Labute approximate surface area is 84.1 Å². The molecule has 13 heavy (non-hydrogen) atoms. The maximum atomic E-state index is 3.85. The normalized spacial score (nSPS) is 20.8. The van der Waals surface area contributed by atoms with Gasteiger partial charge in [-0.3, -0.25) is 0 Å². The van der Waals surface area contributed by atoms with E-state index in [4.69, 9.17) is 0 Å². The third kappa shape index (κ3) is 3.56. The first-order valence-electron chi connectivity index (χ1n) is 5.94. The maximum absolute atomic E-state index is 3.85. The number of rotatable bonds is 6. The van der Waals surface area contributed by atoms with Crippen LogP contribution in [0.5, 0.6) is 0 Å². The Morgan fingerprint density at radius 1 is 1.08 bits per heavy atom. The van der Waals surface area contributed by atoms with Crippen molar-refractivity contribution in [1.82, 2.24) is 5.09 Å². The Morgan fingerprint density at radius 3 is 2.08 bits per heavy atom. The van der Waals surface area contributed by atoms with Gasteiger partial charge in [0, 0.05) is 6.54 Å². The van der Waals surface area contributed by atoms with E-state index < -0.39 is 7.41 Å². The molecule has 1 saturated heterocycles. The van der Waals surface area contributed by atoms with Crippen LogP contribution in [0.3, 0.4) is 0 Å². The van der Waals surface area contributed by atoms with Crippen LogP contribution in [0.15, 0.2) is 0 Å². The summed E-state index contributed by atoms with van der Waals surface area (Å²) in [5.74, 6) is 0. The van der Waals surface area contributed by atoms with Crippen molar-refractivity contribution in [3.63, 3.8) is 0 Å². The third-order valence-electron chi connectivity index (χ3n) is 3.09. The second-order valence-electron chi connectivity index (χ2n) is 4.28. The van der Waals surface area contributed by atoms with Gasteiger partial charge in [0.25, 0.3) is 0 Å². The highest BCUT2D eigenvalue weighted by Crippen LogP contribution is 2.59. The third-order valence-corrected chi connectivity index (χ3v) is 7.50. The van der Waals surface area contributed by atoms with Crippen molar-refractivity contribution in [1.29, 1.82) is 0 Å². The molecule has 0 aliphatic carbocycles. The summed E-state index contributed by atoms with van der Waals surface area (Å²) in [6.45, 7) is 5.93. The Bertz CT molecular complexity index is 120. The number of unbranched alkanes of at least 4 members (excludes halogenated alkanes) is 2. The molecule has 0 radical (unpaired) electrons. The quantitative estimate of drug-likeness (QED) is 0.650. The zero-order chi connectivity index (χ0) is 9.57. The first-order chi connectivity index (χ1) is 6.33. The van der Waals surface area contributed by atoms with E-state index in [1.54, 1.807) is 0 Å². The van der Waals surface area contributed by atoms with Crippen molar-refractivity contribution in [3.8, 4) is 0 Å². The average molecular weight is 202 g/mol. The van der Waals surface area contributed by atoms with Gasteiger partial charge in [0.2, 0.25) is 0 Å². The van der Waals surface area contributed by atoms with E-state index in [1.165, 1.54) is 57.1 Å². The molecule has 2 heteroatoms. The molecular weight excluding hydrogens is 177 g/mol. The molecule has 0 bridgehead atoms. The zero-order valence-electron chi connectivity index (χ0n) is 9.31. The molecule has 0 atom stereocenters. The summed E-state index contributed by atoms with van der Waals surface area (Å²) in [5.41, 5.74) is 0. The predicted octanol–water partition coefficient (Wildman–Crippen LogP) is 3.51. The first kappa shape index (κ1) is 11.5. The van der Waals surface area contributed by atoms with E-state index in [0.717, 1.165) is 0 Å². The topological polar surface area (TPSA) is 12.0 Å². The Kier molecular flexibility index (Phi) is 5.28. The molecule has 0 aromatic heterocycles. The summed E-state index contributed by atoms with van der Waals surface area (Å²) in [6.07, 6.45) is 11.7. The minimum Gasteiger partial charge on any atom is -0.192 e. The van der Waals surface area contributed by atoms with Gasteiger partial charge in [-0.2, -0.15) is 5.09 Å². The Hall–Kier alpha value is 0.390. The average Bonchev–Trinajstić information content (AvgIpc) is 2.61. The van der Waals surface area contributed by atoms with Crippen LogP contribution in [0.1, 0.15) is 46.0 Å². The van der Waals surface area contributed by atoms with Crippen LogP contribution in [-0.2, 0) is 0 Å². The lowest BCUT2D eigenvalue weighted by Gasteiger charge is -2.21. The molecular formula is C11H25NP+. The van der Waals surface area contributed by atoms with Crippen LogP contribution in [0, 0.1) is 0 Å². The molecule has 1 rings (SSSR count). The summed E-state index contributed by atoms with van der Waals surface area (Å²) in [5, 5.41) is 3.85. The molecule has 0 amide bonds. The fraction of sp³-hybridized carbons (Fsp3) is 1.00. The van der Waals surface area contributed by atoms with Crippen molar-refractivity contribution in [3.05, 3.63) is 0 Å². The molecule has 1 nitrogen and oxygen atoms in total. The highest BCUT2D eigenvalue weighted by atomic mass is 31.2. The molecule has 0 aromatic rings. The van der Waals surface area contributed by atoms with Gasteiger partial charge in [-0.1, -0.05) is 26.7 Å². The summed E-state index contributed by atoms with van der Waals surface area (Å²) in [6, 6.07) is 0. The highest BCUT2D eigenvalue weighted by molar-refractivity contribution is 7.74. The van der Waals surface area contributed by atoms with E-state index in [9.17, 15) is 0 Å². The lowest BCUT2D eigenvalue weighted by atomic mass is 10.4. The van der Waals surface area contributed by atoms with Crippen LogP contribution >= 0.6 is 7.41 Å². The fourth-order valence-corrected chi connectivity index (χ4v) is 6.58. The molecule has 0 unspecified atom stereocenters. The SMILES string of the molecule is CCCC[P+]1(CCCC)CCCN1. The van der Waals surface area contributed by atoms with Crippen LogP contribution in [0.25, 0.3) is 0 Å². The van der Waals surface area contributed by atoms with Crippen molar-refractivity contribution < 1.29 is 0 Å². The smallest absolute Gasteiger partial charge is 0.0800 e. The Balaban J connectivity index is 2.33. The second kappa shape index (κ2) is 5.98. The fourth-order valence-electron chi connectivity index (χ4n) is 2.19. The molecule has 0 aromatic carbocycles. The van der Waals surface area contributed by atoms with Gasteiger partial charge in [0.1, 0.15) is 0 Å². The number of hydrogen-bond acceptors (Lipinski definition) is 1. The minimum absolute atomic E-state index is 0.630. The van der Waals surface area contributed by atoms with Gasteiger partial charge in [0.15, 0.2) is 0 Å². The minimum atomic E-state index is -0.630. The van der Waals surface area contributed by atoms with Gasteiger partial charge in [-0.25, -0.2) is 0 Å². The summed E-state index contributed by atoms with van der Waals surface area (Å²) in [4.78, 5) is 0. The van der Waals surface area contributed by atoms with Gasteiger partial charge in [-0.05, 0) is 19.3 Å². The molecule has 78 valence electrons. The predicted molar refractivity (Wildman–Crippen MR) is 64.0 cm³/mol. The van der Waals surface area contributed by atoms with Crippen molar-refractivity contribution >= 4 is 7.41 Å². The van der Waals surface area contributed by atoms with Gasteiger partial charge in [0.05, 0.1) is 25.9 Å². The molecule has 1 N–H and O–H groups in total. The standard InChI is InChI=1S/C11H25NP/c1-3-5-9-13(10-6-4-2)11-7-8-12-13/h12H,3-11H2,1-2H3/q+1. The number of nitrogens with one attached hydrogen (secondary N) is 1. The van der Waals surface area contributed by atoms with E-state index in [-0.39, 0.29) is 0 Å². The van der Waals surface area contributed by atoms with Gasteiger partial charge < -0.3 is 0 Å². The van der Waals surface area contributed by atoms with Crippen LogP contribution in [0.2, 0.25) is 0 Å². The van der Waals surface area contributed by atoms with Gasteiger partial charge in [-0.15, -0.1) is 0 Å². The molecule has 0 spiro atoms. The van der Waals surface area contributed by atoms with E-state index in [0.29, 0.717) is 0 Å². The monoisotopic (exact) mass is 202 g/mol. The van der Waals surface area contributed by atoms with E-state index in [1.807, 2.05) is 0 Å². The molecule has 1 heterocycles. The molecule has 1 fully saturated rings.